The van der Waals surface area contributed by atoms with Gasteiger partial charge in [-0.15, -0.1) is 0 Å². The molecule has 27 heavy (non-hydrogen) atoms. The van der Waals surface area contributed by atoms with Crippen LogP contribution in [0.4, 0.5) is 0 Å². The third-order valence-corrected chi connectivity index (χ3v) is 6.72. The summed E-state index contributed by atoms with van der Waals surface area (Å²) in [6, 6.07) is 19.2. The second-order valence-corrected chi connectivity index (χ2v) is 8.49. The van der Waals surface area contributed by atoms with Crippen LogP contribution in [0.15, 0.2) is 54.6 Å². The summed E-state index contributed by atoms with van der Waals surface area (Å²) in [5, 5.41) is 0. The molecule has 2 atom stereocenters. The van der Waals surface area contributed by atoms with Crippen molar-refractivity contribution in [3.63, 3.8) is 0 Å². The molecule has 3 aliphatic rings. The Morgan fingerprint density at radius 1 is 1.00 bits per heavy atom. The molecule has 2 fully saturated rings. The third kappa shape index (κ3) is 3.63. The normalized spacial score (nSPS) is 27.0. The van der Waals surface area contributed by atoms with E-state index in [1.807, 2.05) is 30.3 Å². The SMILES string of the molecule is c1ccc(O[C@@H]2COC3(CCN(C[C@H]4CCc5ccccc54)CC3)C2)cc1. The molecule has 2 aliphatic heterocycles. The Bertz CT molecular complexity index is 767. The first-order chi connectivity index (χ1) is 13.3. The standard InChI is InChI=1S/C24H29NO2/c1-2-7-21(8-3-1)27-22-16-24(26-18-22)12-14-25(15-13-24)17-20-11-10-19-6-4-5-9-23(19)20/h1-9,20,22H,10-18H2/t20-,22+/m1/s1. The Morgan fingerprint density at radius 3 is 2.63 bits per heavy atom. The van der Waals surface area contributed by atoms with Crippen molar-refractivity contribution in [2.45, 2.75) is 49.7 Å². The van der Waals surface area contributed by atoms with Crippen LogP contribution in [0.5, 0.6) is 5.75 Å². The second kappa shape index (κ2) is 7.29. The Labute approximate surface area is 162 Å². The molecule has 2 heterocycles. The number of likely N-dealkylation sites (tertiary alicyclic amines) is 1. The van der Waals surface area contributed by atoms with E-state index in [4.69, 9.17) is 9.47 Å². The van der Waals surface area contributed by atoms with Crippen molar-refractivity contribution in [3.05, 3.63) is 65.7 Å². The van der Waals surface area contributed by atoms with E-state index in [0.717, 1.165) is 44.7 Å². The summed E-state index contributed by atoms with van der Waals surface area (Å²) in [5.41, 5.74) is 3.20. The first kappa shape index (κ1) is 17.3. The zero-order valence-electron chi connectivity index (χ0n) is 16.0. The van der Waals surface area contributed by atoms with E-state index >= 15 is 0 Å². The number of aryl methyl sites for hydroxylation is 1. The van der Waals surface area contributed by atoms with Crippen molar-refractivity contribution >= 4 is 0 Å². The highest BCUT2D eigenvalue weighted by Gasteiger charge is 2.44. The fourth-order valence-electron chi connectivity index (χ4n) is 5.21. The highest BCUT2D eigenvalue weighted by molar-refractivity contribution is 5.35. The van der Waals surface area contributed by atoms with Gasteiger partial charge in [-0.3, -0.25) is 0 Å². The topological polar surface area (TPSA) is 21.7 Å². The molecule has 2 aromatic rings. The lowest BCUT2D eigenvalue weighted by Gasteiger charge is -2.39. The van der Waals surface area contributed by atoms with Crippen LogP contribution in [0.3, 0.4) is 0 Å². The molecule has 2 aromatic carbocycles. The van der Waals surface area contributed by atoms with Crippen LogP contribution in [0.25, 0.3) is 0 Å². The molecule has 0 radical (unpaired) electrons. The lowest BCUT2D eigenvalue weighted by Crippen LogP contribution is -2.45. The predicted molar refractivity (Wildman–Crippen MR) is 107 cm³/mol. The molecule has 0 bridgehead atoms. The number of benzene rings is 2. The minimum atomic E-state index is 0.0452. The average Bonchev–Trinajstić information content (AvgIpc) is 3.29. The largest absolute Gasteiger partial charge is 0.488 e. The number of piperidine rings is 1. The lowest BCUT2D eigenvalue weighted by atomic mass is 9.87. The van der Waals surface area contributed by atoms with Gasteiger partial charge in [0.15, 0.2) is 0 Å². The maximum absolute atomic E-state index is 6.29. The van der Waals surface area contributed by atoms with Crippen LogP contribution < -0.4 is 4.74 Å². The van der Waals surface area contributed by atoms with Gasteiger partial charge in [0, 0.05) is 26.1 Å². The minimum absolute atomic E-state index is 0.0452. The molecule has 2 saturated heterocycles. The smallest absolute Gasteiger partial charge is 0.125 e. The van der Waals surface area contributed by atoms with Gasteiger partial charge in [0.1, 0.15) is 11.9 Å². The van der Waals surface area contributed by atoms with E-state index in [0.29, 0.717) is 5.92 Å². The van der Waals surface area contributed by atoms with Crippen LogP contribution in [0, 0.1) is 0 Å². The first-order valence-electron chi connectivity index (χ1n) is 10.5. The molecular formula is C24H29NO2. The zero-order chi connectivity index (χ0) is 18.1. The van der Waals surface area contributed by atoms with E-state index in [2.05, 4.69) is 29.2 Å². The summed E-state index contributed by atoms with van der Waals surface area (Å²) in [7, 11) is 0. The Kier molecular flexibility index (Phi) is 4.66. The quantitative estimate of drug-likeness (QED) is 0.803. The summed E-state index contributed by atoms with van der Waals surface area (Å²) < 4.78 is 12.4. The molecule has 0 unspecified atom stereocenters. The van der Waals surface area contributed by atoms with Gasteiger partial charge in [-0.1, -0.05) is 42.5 Å². The number of nitrogens with zero attached hydrogens (tertiary/aromatic N) is 1. The number of rotatable bonds is 4. The van der Waals surface area contributed by atoms with Crippen molar-refractivity contribution in [3.8, 4) is 5.75 Å². The number of para-hydroxylation sites is 1. The highest BCUT2D eigenvalue weighted by Crippen LogP contribution is 2.39. The molecule has 0 N–H and O–H groups in total. The van der Waals surface area contributed by atoms with Gasteiger partial charge in [0.05, 0.1) is 12.2 Å². The summed E-state index contributed by atoms with van der Waals surface area (Å²) >= 11 is 0. The van der Waals surface area contributed by atoms with Gasteiger partial charge in [0.2, 0.25) is 0 Å². The average molecular weight is 364 g/mol. The van der Waals surface area contributed by atoms with Crippen molar-refractivity contribution in [1.82, 2.24) is 4.90 Å². The maximum Gasteiger partial charge on any atom is 0.125 e. The molecule has 142 valence electrons. The number of hydrogen-bond acceptors (Lipinski definition) is 3. The monoisotopic (exact) mass is 363 g/mol. The predicted octanol–water partition coefficient (Wildman–Crippen LogP) is 4.42. The van der Waals surface area contributed by atoms with Crippen molar-refractivity contribution in [1.29, 1.82) is 0 Å². The van der Waals surface area contributed by atoms with Crippen LogP contribution in [0.1, 0.15) is 42.7 Å². The van der Waals surface area contributed by atoms with Gasteiger partial charge in [0.25, 0.3) is 0 Å². The molecule has 3 heteroatoms. The molecule has 3 nitrogen and oxygen atoms in total. The molecule has 0 aromatic heterocycles. The third-order valence-electron chi connectivity index (χ3n) is 6.72. The van der Waals surface area contributed by atoms with Crippen molar-refractivity contribution < 1.29 is 9.47 Å². The van der Waals surface area contributed by atoms with E-state index in [-0.39, 0.29) is 11.7 Å². The van der Waals surface area contributed by atoms with E-state index < -0.39 is 0 Å². The fraction of sp³-hybridized carbons (Fsp3) is 0.500. The molecule has 1 spiro atoms. The highest BCUT2D eigenvalue weighted by atomic mass is 16.6. The van der Waals surface area contributed by atoms with Crippen LogP contribution in [-0.4, -0.2) is 42.8 Å². The Morgan fingerprint density at radius 2 is 1.78 bits per heavy atom. The number of ether oxygens (including phenoxy) is 2. The maximum atomic E-state index is 6.29. The van der Waals surface area contributed by atoms with Gasteiger partial charge in [-0.25, -0.2) is 0 Å². The summed E-state index contributed by atoms with van der Waals surface area (Å²) in [5.74, 6) is 1.68. The summed E-state index contributed by atoms with van der Waals surface area (Å²) in [4.78, 5) is 2.66. The van der Waals surface area contributed by atoms with Crippen molar-refractivity contribution in [2.75, 3.05) is 26.2 Å². The lowest BCUT2D eigenvalue weighted by molar-refractivity contribution is -0.0448. The molecule has 5 rings (SSSR count). The fourth-order valence-corrected chi connectivity index (χ4v) is 5.21. The van der Waals surface area contributed by atoms with Gasteiger partial charge < -0.3 is 14.4 Å². The molecule has 0 saturated carbocycles. The van der Waals surface area contributed by atoms with Gasteiger partial charge >= 0.3 is 0 Å². The summed E-state index contributed by atoms with van der Waals surface area (Å²) in [6.45, 7) is 4.23. The van der Waals surface area contributed by atoms with Crippen molar-refractivity contribution in [2.24, 2.45) is 0 Å². The van der Waals surface area contributed by atoms with Crippen LogP contribution >= 0.6 is 0 Å². The van der Waals surface area contributed by atoms with E-state index in [9.17, 15) is 0 Å². The second-order valence-electron chi connectivity index (χ2n) is 8.49. The molecule has 0 amide bonds. The Hall–Kier alpha value is -1.84. The molecule has 1 aliphatic carbocycles. The van der Waals surface area contributed by atoms with Gasteiger partial charge in [-0.05, 0) is 54.9 Å². The zero-order valence-corrected chi connectivity index (χ0v) is 16.0. The van der Waals surface area contributed by atoms with Crippen LogP contribution in [0.2, 0.25) is 0 Å². The minimum Gasteiger partial charge on any atom is -0.488 e. The van der Waals surface area contributed by atoms with Gasteiger partial charge in [-0.2, -0.15) is 0 Å². The first-order valence-corrected chi connectivity index (χ1v) is 10.5. The summed E-state index contributed by atoms with van der Waals surface area (Å²) in [6.07, 6.45) is 6.05. The molecular weight excluding hydrogens is 334 g/mol. The number of fused-ring (bicyclic) bond motifs is 1. The van der Waals surface area contributed by atoms with E-state index in [1.54, 1.807) is 11.1 Å². The Balaban J connectivity index is 1.14. The number of hydrogen-bond donors (Lipinski definition) is 0. The van der Waals surface area contributed by atoms with Crippen LogP contribution in [-0.2, 0) is 11.2 Å². The van der Waals surface area contributed by atoms with E-state index in [1.165, 1.54) is 19.4 Å².